The first-order valence-electron chi connectivity index (χ1n) is 7.77. The second kappa shape index (κ2) is 7.48. The number of benzene rings is 1. The van der Waals surface area contributed by atoms with Crippen LogP contribution in [-0.4, -0.2) is 37.9 Å². The molecule has 1 aromatic carbocycles. The zero-order valence-electron chi connectivity index (χ0n) is 14.2. The van der Waals surface area contributed by atoms with Crippen molar-refractivity contribution >= 4 is 27.2 Å². The third kappa shape index (κ3) is 4.63. The summed E-state index contributed by atoms with van der Waals surface area (Å²) in [6.07, 6.45) is 3.32. The number of nitrogens with two attached hydrogens (primary N) is 1. The molecular weight excluding hydrogens is 368 g/mol. The molecule has 10 heteroatoms. The number of imidazole rings is 1. The van der Waals surface area contributed by atoms with Crippen molar-refractivity contribution in [1.29, 1.82) is 0 Å². The molecule has 0 radical (unpaired) electrons. The molecule has 3 heterocycles. The molecule has 0 spiro atoms. The SMILES string of the molecule is Cc1ccc(S(=O)(=O)O)cc1.Nc1ncc2[nH]c(-c3ccccn3)nc2n1. The number of hydrogen-bond donors (Lipinski definition) is 3. The average Bonchev–Trinajstić information content (AvgIpc) is 3.06. The van der Waals surface area contributed by atoms with Gasteiger partial charge >= 0.3 is 0 Å². The van der Waals surface area contributed by atoms with Crippen molar-refractivity contribution in [3.05, 3.63) is 60.4 Å². The van der Waals surface area contributed by atoms with Crippen LogP contribution in [0.15, 0.2) is 59.8 Å². The Kier molecular flexibility index (Phi) is 5.10. The maximum absolute atomic E-state index is 10.5. The number of pyridine rings is 1. The van der Waals surface area contributed by atoms with Crippen LogP contribution in [0.1, 0.15) is 5.56 Å². The largest absolute Gasteiger partial charge is 0.368 e. The number of H-pyrrole nitrogens is 1. The Morgan fingerprint density at radius 2 is 1.78 bits per heavy atom. The standard InChI is InChI=1S/C10H8N6.C7H8O3S/c11-10-13-5-7-9(16-10)15-8(14-7)6-3-1-2-4-12-6;1-6-2-4-7(5-3-6)11(8,9)10/h1-5H,(H3,11,13,14,15,16);2-5H,1H3,(H,8,9,10). The van der Waals surface area contributed by atoms with E-state index in [4.69, 9.17) is 10.3 Å². The third-order valence-electron chi connectivity index (χ3n) is 3.48. The van der Waals surface area contributed by atoms with Crippen LogP contribution in [0.2, 0.25) is 0 Å². The molecule has 27 heavy (non-hydrogen) atoms. The zero-order chi connectivity index (χ0) is 19.4. The smallest absolute Gasteiger partial charge is 0.294 e. The van der Waals surface area contributed by atoms with Gasteiger partial charge in [-0.15, -0.1) is 0 Å². The Bertz CT molecular complexity index is 1160. The molecule has 0 aliphatic rings. The number of aromatic amines is 1. The molecule has 0 saturated carbocycles. The zero-order valence-corrected chi connectivity index (χ0v) is 15.1. The Balaban J connectivity index is 0.000000168. The average molecular weight is 384 g/mol. The summed E-state index contributed by atoms with van der Waals surface area (Å²) in [7, 11) is -4.02. The van der Waals surface area contributed by atoms with Gasteiger partial charge in [0.05, 0.1) is 11.1 Å². The predicted molar refractivity (Wildman–Crippen MR) is 100 cm³/mol. The molecular formula is C17H16N6O3S. The van der Waals surface area contributed by atoms with Gasteiger partial charge in [0, 0.05) is 6.20 Å². The molecule has 0 atom stereocenters. The number of nitrogens with zero attached hydrogens (tertiary/aromatic N) is 4. The van der Waals surface area contributed by atoms with E-state index in [1.54, 1.807) is 24.5 Å². The van der Waals surface area contributed by atoms with Crippen molar-refractivity contribution in [1.82, 2.24) is 24.9 Å². The lowest BCUT2D eigenvalue weighted by Gasteiger charge is -1.95. The van der Waals surface area contributed by atoms with Gasteiger partial charge in [-0.1, -0.05) is 23.8 Å². The van der Waals surface area contributed by atoms with E-state index in [1.807, 2.05) is 25.1 Å². The molecule has 0 bridgehead atoms. The Morgan fingerprint density at radius 3 is 2.41 bits per heavy atom. The lowest BCUT2D eigenvalue weighted by atomic mass is 10.2. The normalized spacial score (nSPS) is 11.0. The summed E-state index contributed by atoms with van der Waals surface area (Å²) in [5.74, 6) is 0.877. The number of hydrogen-bond acceptors (Lipinski definition) is 7. The molecule has 0 unspecified atom stereocenters. The molecule has 0 aliphatic carbocycles. The number of nitrogen functional groups attached to an aromatic ring is 1. The minimum Gasteiger partial charge on any atom is -0.368 e. The van der Waals surface area contributed by atoms with Gasteiger partial charge in [0.25, 0.3) is 10.1 Å². The fraction of sp³-hybridized carbons (Fsp3) is 0.0588. The molecule has 0 saturated heterocycles. The van der Waals surface area contributed by atoms with Crippen LogP contribution in [-0.2, 0) is 10.1 Å². The summed E-state index contributed by atoms with van der Waals surface area (Å²) in [5.41, 5.74) is 8.49. The van der Waals surface area contributed by atoms with Crippen LogP contribution >= 0.6 is 0 Å². The fourth-order valence-corrected chi connectivity index (χ4v) is 2.64. The van der Waals surface area contributed by atoms with E-state index >= 15 is 0 Å². The first-order chi connectivity index (χ1) is 12.8. The van der Waals surface area contributed by atoms with Crippen molar-refractivity contribution in [3.63, 3.8) is 0 Å². The molecule has 4 rings (SSSR count). The maximum atomic E-state index is 10.5. The molecule has 0 aliphatic heterocycles. The Labute approximate surface area is 155 Å². The van der Waals surface area contributed by atoms with Gasteiger partial charge in [0.1, 0.15) is 11.2 Å². The van der Waals surface area contributed by atoms with E-state index in [9.17, 15) is 8.42 Å². The van der Waals surface area contributed by atoms with Gasteiger partial charge < -0.3 is 10.7 Å². The number of nitrogens with one attached hydrogen (secondary N) is 1. The van der Waals surface area contributed by atoms with Crippen LogP contribution in [0.4, 0.5) is 5.95 Å². The third-order valence-corrected chi connectivity index (χ3v) is 4.35. The lowest BCUT2D eigenvalue weighted by molar-refractivity contribution is 0.483. The van der Waals surface area contributed by atoms with Crippen molar-refractivity contribution in [2.45, 2.75) is 11.8 Å². The molecule has 4 aromatic rings. The molecule has 0 fully saturated rings. The monoisotopic (exact) mass is 384 g/mol. The van der Waals surface area contributed by atoms with E-state index in [-0.39, 0.29) is 10.8 Å². The highest BCUT2D eigenvalue weighted by atomic mass is 32.2. The van der Waals surface area contributed by atoms with Gasteiger partial charge in [-0.2, -0.15) is 13.4 Å². The van der Waals surface area contributed by atoms with Crippen molar-refractivity contribution in [2.75, 3.05) is 5.73 Å². The summed E-state index contributed by atoms with van der Waals surface area (Å²) in [4.78, 5) is 19.4. The van der Waals surface area contributed by atoms with Crippen molar-refractivity contribution in [2.24, 2.45) is 0 Å². The van der Waals surface area contributed by atoms with Crippen LogP contribution in [0.5, 0.6) is 0 Å². The number of aryl methyl sites for hydroxylation is 1. The van der Waals surface area contributed by atoms with Crippen molar-refractivity contribution < 1.29 is 13.0 Å². The number of anilines is 1. The fourth-order valence-electron chi connectivity index (χ4n) is 2.16. The van der Waals surface area contributed by atoms with E-state index in [2.05, 4.69) is 24.9 Å². The van der Waals surface area contributed by atoms with Crippen LogP contribution in [0.3, 0.4) is 0 Å². The summed E-state index contributed by atoms with van der Waals surface area (Å²) in [6.45, 7) is 1.84. The highest BCUT2D eigenvalue weighted by Crippen LogP contribution is 2.16. The lowest BCUT2D eigenvalue weighted by Crippen LogP contribution is -1.96. The van der Waals surface area contributed by atoms with Crippen LogP contribution in [0.25, 0.3) is 22.7 Å². The number of rotatable bonds is 2. The predicted octanol–water partition coefficient (Wildman–Crippen LogP) is 2.24. The molecule has 138 valence electrons. The Hall–Kier alpha value is -3.37. The molecule has 9 nitrogen and oxygen atoms in total. The van der Waals surface area contributed by atoms with Crippen LogP contribution in [0, 0.1) is 6.92 Å². The second-order valence-electron chi connectivity index (χ2n) is 5.55. The van der Waals surface area contributed by atoms with Gasteiger partial charge in [-0.05, 0) is 31.2 Å². The second-order valence-corrected chi connectivity index (χ2v) is 6.98. The molecule has 4 N–H and O–H groups in total. The molecule has 0 amide bonds. The van der Waals surface area contributed by atoms with Gasteiger partial charge in [-0.3, -0.25) is 9.54 Å². The van der Waals surface area contributed by atoms with E-state index in [0.29, 0.717) is 11.5 Å². The minimum atomic E-state index is -4.02. The van der Waals surface area contributed by atoms with Gasteiger partial charge in [0.2, 0.25) is 5.95 Å². The van der Waals surface area contributed by atoms with E-state index in [1.165, 1.54) is 12.1 Å². The van der Waals surface area contributed by atoms with E-state index < -0.39 is 10.1 Å². The minimum absolute atomic E-state index is 0.0666. The number of fused-ring (bicyclic) bond motifs is 1. The summed E-state index contributed by atoms with van der Waals surface area (Å²) in [5, 5.41) is 0. The van der Waals surface area contributed by atoms with Crippen LogP contribution < -0.4 is 5.73 Å². The summed E-state index contributed by atoms with van der Waals surface area (Å²) < 4.78 is 29.6. The molecule has 3 aromatic heterocycles. The maximum Gasteiger partial charge on any atom is 0.294 e. The summed E-state index contributed by atoms with van der Waals surface area (Å²) >= 11 is 0. The first kappa shape index (κ1) is 18.4. The highest BCUT2D eigenvalue weighted by molar-refractivity contribution is 7.85. The van der Waals surface area contributed by atoms with E-state index in [0.717, 1.165) is 16.8 Å². The number of aromatic nitrogens is 5. The summed E-state index contributed by atoms with van der Waals surface area (Å²) in [6, 6.07) is 11.6. The van der Waals surface area contributed by atoms with Crippen molar-refractivity contribution in [3.8, 4) is 11.5 Å². The first-order valence-corrected chi connectivity index (χ1v) is 9.21. The van der Waals surface area contributed by atoms with Gasteiger partial charge in [-0.25, -0.2) is 9.97 Å². The van der Waals surface area contributed by atoms with Gasteiger partial charge in [0.15, 0.2) is 11.5 Å². The topological polar surface area (TPSA) is 148 Å². The highest BCUT2D eigenvalue weighted by Gasteiger charge is 2.07. The quantitative estimate of drug-likeness (QED) is 0.446. The Morgan fingerprint density at radius 1 is 1.04 bits per heavy atom.